The summed E-state index contributed by atoms with van der Waals surface area (Å²) in [6.45, 7) is 0. The van der Waals surface area contributed by atoms with E-state index in [2.05, 4.69) is 15.6 Å². The molecular formula is C18H17N3O4. The summed E-state index contributed by atoms with van der Waals surface area (Å²) in [7, 11) is 3.18. The van der Waals surface area contributed by atoms with Crippen molar-refractivity contribution in [3.63, 3.8) is 0 Å². The summed E-state index contributed by atoms with van der Waals surface area (Å²) >= 11 is 0. The maximum Gasteiger partial charge on any atom is 0.291 e. The zero-order valence-electron chi connectivity index (χ0n) is 13.8. The second-order valence-electron chi connectivity index (χ2n) is 5.05. The van der Waals surface area contributed by atoms with Gasteiger partial charge in [0.1, 0.15) is 17.3 Å². The molecule has 0 unspecified atom stereocenters. The fourth-order valence-electron chi connectivity index (χ4n) is 2.18. The van der Waals surface area contributed by atoms with E-state index in [-0.39, 0.29) is 11.7 Å². The van der Waals surface area contributed by atoms with Crippen LogP contribution in [0.3, 0.4) is 0 Å². The topological polar surface area (TPSA) is 85.6 Å². The number of methoxy groups -OCH3 is 2. The van der Waals surface area contributed by atoms with Crippen molar-refractivity contribution in [1.29, 1.82) is 0 Å². The number of amides is 1. The summed E-state index contributed by atoms with van der Waals surface area (Å²) in [5, 5.41) is 5.87. The summed E-state index contributed by atoms with van der Waals surface area (Å²) in [6.07, 6.45) is 3.00. The van der Waals surface area contributed by atoms with Gasteiger partial charge in [0.05, 0.1) is 38.1 Å². The van der Waals surface area contributed by atoms with Gasteiger partial charge in [-0.25, -0.2) is 4.98 Å². The standard InChI is InChI=1S/C18H17N3O4/c1-23-13-6-7-14(16(10-13)24-2)21-17-8-5-12(11-19-17)20-18(22)15-4-3-9-25-15/h3-11H,1-2H3,(H,19,21)(H,20,22). The zero-order chi connectivity index (χ0) is 17.6. The molecule has 0 fully saturated rings. The molecule has 7 heteroatoms. The van der Waals surface area contributed by atoms with Gasteiger partial charge in [-0.15, -0.1) is 0 Å². The summed E-state index contributed by atoms with van der Waals surface area (Å²) in [5.74, 6) is 1.86. The number of furan rings is 1. The second kappa shape index (κ2) is 7.39. The number of hydrogen-bond donors (Lipinski definition) is 2. The average molecular weight is 339 g/mol. The molecule has 0 aliphatic rings. The summed E-state index contributed by atoms with van der Waals surface area (Å²) in [5.41, 5.74) is 1.32. The zero-order valence-corrected chi connectivity index (χ0v) is 13.8. The lowest BCUT2D eigenvalue weighted by Gasteiger charge is -2.12. The Balaban J connectivity index is 1.69. The molecule has 2 heterocycles. The van der Waals surface area contributed by atoms with Gasteiger partial charge in [-0.2, -0.15) is 0 Å². The Hall–Kier alpha value is -3.48. The molecule has 2 N–H and O–H groups in total. The lowest BCUT2D eigenvalue weighted by Crippen LogP contribution is -2.11. The maximum atomic E-state index is 11.9. The van der Waals surface area contributed by atoms with Crippen LogP contribution in [-0.2, 0) is 0 Å². The smallest absolute Gasteiger partial charge is 0.291 e. The highest BCUT2D eigenvalue weighted by molar-refractivity contribution is 6.02. The van der Waals surface area contributed by atoms with Gasteiger partial charge >= 0.3 is 0 Å². The highest BCUT2D eigenvalue weighted by Gasteiger charge is 2.09. The van der Waals surface area contributed by atoms with Crippen LogP contribution in [0, 0.1) is 0 Å². The van der Waals surface area contributed by atoms with Crippen LogP contribution >= 0.6 is 0 Å². The molecule has 3 rings (SSSR count). The van der Waals surface area contributed by atoms with Crippen LogP contribution in [0.15, 0.2) is 59.3 Å². The van der Waals surface area contributed by atoms with Crippen molar-refractivity contribution in [2.75, 3.05) is 24.9 Å². The summed E-state index contributed by atoms with van der Waals surface area (Å²) in [6, 6.07) is 12.2. The number of nitrogens with one attached hydrogen (secondary N) is 2. The number of rotatable bonds is 6. The molecule has 0 spiro atoms. The molecule has 25 heavy (non-hydrogen) atoms. The highest BCUT2D eigenvalue weighted by Crippen LogP contribution is 2.31. The molecule has 2 aromatic heterocycles. The van der Waals surface area contributed by atoms with Crippen LogP contribution in [0.4, 0.5) is 17.2 Å². The first kappa shape index (κ1) is 16.4. The predicted octanol–water partition coefficient (Wildman–Crippen LogP) is 3.69. The number of pyridine rings is 1. The van der Waals surface area contributed by atoms with E-state index in [1.807, 2.05) is 12.1 Å². The molecule has 1 aromatic carbocycles. The SMILES string of the molecule is COc1ccc(Nc2ccc(NC(=O)c3ccco3)cn2)c(OC)c1. The molecule has 0 saturated heterocycles. The number of hydrogen-bond acceptors (Lipinski definition) is 6. The maximum absolute atomic E-state index is 11.9. The Bertz CT molecular complexity index is 845. The molecule has 0 atom stereocenters. The summed E-state index contributed by atoms with van der Waals surface area (Å²) in [4.78, 5) is 16.2. The fourth-order valence-corrected chi connectivity index (χ4v) is 2.18. The first-order valence-electron chi connectivity index (χ1n) is 7.49. The highest BCUT2D eigenvalue weighted by atomic mass is 16.5. The Morgan fingerprint density at radius 1 is 1.12 bits per heavy atom. The van der Waals surface area contributed by atoms with E-state index in [0.29, 0.717) is 23.0 Å². The number of nitrogens with zero attached hydrogens (tertiary/aromatic N) is 1. The first-order chi connectivity index (χ1) is 12.2. The van der Waals surface area contributed by atoms with Crippen LogP contribution in [-0.4, -0.2) is 25.1 Å². The predicted molar refractivity (Wildman–Crippen MR) is 93.7 cm³/mol. The molecular weight excluding hydrogens is 322 g/mol. The molecule has 3 aromatic rings. The molecule has 0 bridgehead atoms. The van der Waals surface area contributed by atoms with Crippen LogP contribution < -0.4 is 20.1 Å². The van der Waals surface area contributed by atoms with Crippen LogP contribution in [0.1, 0.15) is 10.6 Å². The van der Waals surface area contributed by atoms with Crippen LogP contribution in [0.2, 0.25) is 0 Å². The molecule has 0 aliphatic carbocycles. The number of benzene rings is 1. The molecule has 0 saturated carbocycles. The molecule has 0 aliphatic heterocycles. The van der Waals surface area contributed by atoms with E-state index < -0.39 is 0 Å². The van der Waals surface area contributed by atoms with Gasteiger partial charge < -0.3 is 24.5 Å². The van der Waals surface area contributed by atoms with Gasteiger partial charge in [-0.1, -0.05) is 0 Å². The Kier molecular flexibility index (Phi) is 4.84. The molecule has 7 nitrogen and oxygen atoms in total. The number of ether oxygens (including phenoxy) is 2. The molecule has 128 valence electrons. The van der Waals surface area contributed by atoms with Gasteiger partial charge in [0.25, 0.3) is 5.91 Å². The normalized spacial score (nSPS) is 10.2. The van der Waals surface area contributed by atoms with E-state index in [1.165, 1.54) is 6.26 Å². The minimum atomic E-state index is -0.329. The Labute approximate surface area is 144 Å². The van der Waals surface area contributed by atoms with Crippen molar-refractivity contribution in [2.24, 2.45) is 0 Å². The van der Waals surface area contributed by atoms with Crippen molar-refractivity contribution in [3.05, 3.63) is 60.7 Å². The van der Waals surface area contributed by atoms with Gasteiger partial charge in [-0.3, -0.25) is 4.79 Å². The van der Waals surface area contributed by atoms with Gasteiger partial charge in [0.2, 0.25) is 0 Å². The minimum Gasteiger partial charge on any atom is -0.497 e. The van der Waals surface area contributed by atoms with E-state index in [4.69, 9.17) is 13.9 Å². The van der Waals surface area contributed by atoms with Crippen molar-refractivity contribution in [2.45, 2.75) is 0 Å². The van der Waals surface area contributed by atoms with E-state index >= 15 is 0 Å². The molecule has 1 amide bonds. The largest absolute Gasteiger partial charge is 0.497 e. The Morgan fingerprint density at radius 3 is 2.64 bits per heavy atom. The molecule has 0 radical (unpaired) electrons. The van der Waals surface area contributed by atoms with Gasteiger partial charge in [0.15, 0.2) is 5.76 Å². The third-order valence-electron chi connectivity index (χ3n) is 3.44. The monoisotopic (exact) mass is 339 g/mol. The third kappa shape index (κ3) is 3.89. The lowest BCUT2D eigenvalue weighted by atomic mass is 10.2. The van der Waals surface area contributed by atoms with Gasteiger partial charge in [0, 0.05) is 6.07 Å². The van der Waals surface area contributed by atoms with Crippen molar-refractivity contribution < 1.29 is 18.7 Å². The minimum absolute atomic E-state index is 0.241. The summed E-state index contributed by atoms with van der Waals surface area (Å²) < 4.78 is 15.6. The average Bonchev–Trinajstić information content (AvgIpc) is 3.18. The van der Waals surface area contributed by atoms with E-state index in [0.717, 1.165) is 5.69 Å². The van der Waals surface area contributed by atoms with Crippen molar-refractivity contribution in [3.8, 4) is 11.5 Å². The van der Waals surface area contributed by atoms with Crippen molar-refractivity contribution >= 4 is 23.1 Å². The van der Waals surface area contributed by atoms with E-state index in [9.17, 15) is 4.79 Å². The Morgan fingerprint density at radius 2 is 2.00 bits per heavy atom. The van der Waals surface area contributed by atoms with Crippen LogP contribution in [0.5, 0.6) is 11.5 Å². The van der Waals surface area contributed by atoms with E-state index in [1.54, 1.807) is 50.7 Å². The number of anilines is 3. The quantitative estimate of drug-likeness (QED) is 0.712. The number of carbonyl (C=O) groups excluding carboxylic acids is 1. The third-order valence-corrected chi connectivity index (χ3v) is 3.44. The number of aromatic nitrogens is 1. The second-order valence-corrected chi connectivity index (χ2v) is 5.05. The van der Waals surface area contributed by atoms with Gasteiger partial charge in [-0.05, 0) is 36.4 Å². The van der Waals surface area contributed by atoms with Crippen molar-refractivity contribution in [1.82, 2.24) is 4.98 Å². The first-order valence-corrected chi connectivity index (χ1v) is 7.49. The lowest BCUT2D eigenvalue weighted by molar-refractivity contribution is 0.0996. The van der Waals surface area contributed by atoms with Crippen LogP contribution in [0.25, 0.3) is 0 Å². The fraction of sp³-hybridized carbons (Fsp3) is 0.111. The number of carbonyl (C=O) groups is 1.